The number of carbonyl (C=O) groups is 1. The maximum Gasteiger partial charge on any atom is 0.256 e. The van der Waals surface area contributed by atoms with Crippen LogP contribution in [-0.2, 0) is 9.53 Å². The van der Waals surface area contributed by atoms with Crippen LogP contribution in [0.15, 0.2) is 24.3 Å². The normalized spacial score (nSPS) is 14.2. The molecule has 0 aliphatic rings. The smallest absolute Gasteiger partial charge is 0.256 e. The summed E-state index contributed by atoms with van der Waals surface area (Å²) in [5, 5.41) is 2.85. The van der Waals surface area contributed by atoms with Gasteiger partial charge in [0.1, 0.15) is 5.60 Å². The molecule has 1 unspecified atom stereocenters. The summed E-state index contributed by atoms with van der Waals surface area (Å²) in [6.45, 7) is 5.73. The molecule has 1 rings (SSSR count). The van der Waals surface area contributed by atoms with Gasteiger partial charge in [0, 0.05) is 12.8 Å². The van der Waals surface area contributed by atoms with Gasteiger partial charge >= 0.3 is 0 Å². The Kier molecular flexibility index (Phi) is 4.07. The zero-order valence-electron chi connectivity index (χ0n) is 10.3. The second kappa shape index (κ2) is 5.12. The molecule has 1 N–H and O–H groups in total. The van der Waals surface area contributed by atoms with E-state index in [1.165, 1.54) is 5.56 Å². The second-order valence-electron chi connectivity index (χ2n) is 4.11. The van der Waals surface area contributed by atoms with E-state index in [0.29, 0.717) is 6.42 Å². The predicted octanol–water partition coefficient (Wildman–Crippen LogP) is 2.75. The Bertz CT molecular complexity index is 353. The number of ether oxygens (including phenoxy) is 1. The van der Waals surface area contributed by atoms with Crippen LogP contribution in [0.1, 0.15) is 25.8 Å². The quantitative estimate of drug-likeness (QED) is 0.849. The van der Waals surface area contributed by atoms with E-state index in [4.69, 9.17) is 4.74 Å². The summed E-state index contributed by atoms with van der Waals surface area (Å²) in [6.07, 6.45) is 0.640. The average Bonchev–Trinajstić information content (AvgIpc) is 2.31. The molecule has 1 aromatic rings. The van der Waals surface area contributed by atoms with E-state index in [-0.39, 0.29) is 5.91 Å². The molecule has 0 fully saturated rings. The maximum absolute atomic E-state index is 11.9. The molecule has 0 bridgehead atoms. The van der Waals surface area contributed by atoms with Crippen LogP contribution in [0.2, 0.25) is 0 Å². The lowest BCUT2D eigenvalue weighted by molar-refractivity contribution is -0.136. The fourth-order valence-corrected chi connectivity index (χ4v) is 1.30. The van der Waals surface area contributed by atoms with Crippen molar-refractivity contribution in [3.63, 3.8) is 0 Å². The van der Waals surface area contributed by atoms with E-state index in [2.05, 4.69) is 5.32 Å². The Morgan fingerprint density at radius 3 is 2.38 bits per heavy atom. The SMILES string of the molecule is CCC(C)(OC)C(=O)Nc1ccc(C)cc1. The summed E-state index contributed by atoms with van der Waals surface area (Å²) in [5.74, 6) is -0.110. The van der Waals surface area contributed by atoms with Crippen molar-refractivity contribution in [2.45, 2.75) is 32.8 Å². The molecule has 1 amide bonds. The molecule has 0 spiro atoms. The van der Waals surface area contributed by atoms with Crippen molar-refractivity contribution < 1.29 is 9.53 Å². The van der Waals surface area contributed by atoms with Crippen LogP contribution >= 0.6 is 0 Å². The van der Waals surface area contributed by atoms with E-state index < -0.39 is 5.60 Å². The van der Waals surface area contributed by atoms with Crippen LogP contribution in [0.5, 0.6) is 0 Å². The fraction of sp³-hybridized carbons (Fsp3) is 0.462. The highest BCUT2D eigenvalue weighted by molar-refractivity contribution is 5.96. The van der Waals surface area contributed by atoms with Gasteiger partial charge in [-0.3, -0.25) is 4.79 Å². The first-order valence-electron chi connectivity index (χ1n) is 5.45. The van der Waals surface area contributed by atoms with Gasteiger partial charge in [-0.2, -0.15) is 0 Å². The lowest BCUT2D eigenvalue weighted by Crippen LogP contribution is -2.41. The molecule has 0 saturated carbocycles. The molecule has 3 heteroatoms. The van der Waals surface area contributed by atoms with Crippen molar-refractivity contribution in [2.24, 2.45) is 0 Å². The van der Waals surface area contributed by atoms with Gasteiger partial charge in [0.15, 0.2) is 0 Å². The first-order valence-corrected chi connectivity index (χ1v) is 5.45. The molecule has 1 aromatic carbocycles. The standard InChI is InChI=1S/C13H19NO2/c1-5-13(3,16-4)12(15)14-11-8-6-10(2)7-9-11/h6-9H,5H2,1-4H3,(H,14,15). The van der Waals surface area contributed by atoms with Gasteiger partial charge in [0.05, 0.1) is 0 Å². The molecule has 0 radical (unpaired) electrons. The molecular formula is C13H19NO2. The Morgan fingerprint density at radius 1 is 1.38 bits per heavy atom. The summed E-state index contributed by atoms with van der Waals surface area (Å²) in [5.41, 5.74) is 1.21. The largest absolute Gasteiger partial charge is 0.369 e. The van der Waals surface area contributed by atoms with Crippen molar-refractivity contribution >= 4 is 11.6 Å². The number of benzene rings is 1. The minimum atomic E-state index is -0.759. The Hall–Kier alpha value is -1.35. The monoisotopic (exact) mass is 221 g/mol. The Labute approximate surface area is 96.8 Å². The topological polar surface area (TPSA) is 38.3 Å². The van der Waals surface area contributed by atoms with Gasteiger partial charge in [-0.15, -0.1) is 0 Å². The summed E-state index contributed by atoms with van der Waals surface area (Å²) < 4.78 is 5.23. The number of aryl methyl sites for hydroxylation is 1. The lowest BCUT2D eigenvalue weighted by atomic mass is 10.0. The van der Waals surface area contributed by atoms with Crippen LogP contribution in [0.3, 0.4) is 0 Å². The summed E-state index contributed by atoms with van der Waals surface area (Å²) in [6, 6.07) is 7.70. The first kappa shape index (κ1) is 12.7. The number of hydrogen-bond acceptors (Lipinski definition) is 2. The van der Waals surface area contributed by atoms with E-state index in [0.717, 1.165) is 5.69 Å². The van der Waals surface area contributed by atoms with Crippen LogP contribution < -0.4 is 5.32 Å². The zero-order valence-corrected chi connectivity index (χ0v) is 10.3. The number of hydrogen-bond donors (Lipinski definition) is 1. The van der Waals surface area contributed by atoms with Crippen molar-refractivity contribution in [2.75, 3.05) is 12.4 Å². The number of carbonyl (C=O) groups excluding carboxylic acids is 1. The van der Waals surface area contributed by atoms with E-state index in [9.17, 15) is 4.79 Å². The molecule has 0 saturated heterocycles. The molecule has 0 aliphatic heterocycles. The predicted molar refractivity (Wildman–Crippen MR) is 65.5 cm³/mol. The number of methoxy groups -OCH3 is 1. The summed E-state index contributed by atoms with van der Waals surface area (Å²) in [7, 11) is 1.55. The highest BCUT2D eigenvalue weighted by atomic mass is 16.5. The van der Waals surface area contributed by atoms with Gasteiger partial charge in [0.2, 0.25) is 0 Å². The zero-order chi connectivity index (χ0) is 12.2. The maximum atomic E-state index is 11.9. The van der Waals surface area contributed by atoms with Gasteiger partial charge in [-0.05, 0) is 32.4 Å². The molecular weight excluding hydrogens is 202 g/mol. The van der Waals surface area contributed by atoms with Crippen LogP contribution in [0.25, 0.3) is 0 Å². The number of amides is 1. The fourth-order valence-electron chi connectivity index (χ4n) is 1.30. The molecule has 16 heavy (non-hydrogen) atoms. The summed E-state index contributed by atoms with van der Waals surface area (Å²) in [4.78, 5) is 11.9. The van der Waals surface area contributed by atoms with Gasteiger partial charge in [0.25, 0.3) is 5.91 Å². The van der Waals surface area contributed by atoms with E-state index in [1.54, 1.807) is 14.0 Å². The molecule has 1 atom stereocenters. The van der Waals surface area contributed by atoms with Crippen molar-refractivity contribution in [3.05, 3.63) is 29.8 Å². The van der Waals surface area contributed by atoms with Crippen LogP contribution in [0, 0.1) is 6.92 Å². The van der Waals surface area contributed by atoms with Crippen molar-refractivity contribution in [3.8, 4) is 0 Å². The summed E-state index contributed by atoms with van der Waals surface area (Å²) >= 11 is 0. The second-order valence-corrected chi connectivity index (χ2v) is 4.11. The minimum absolute atomic E-state index is 0.110. The van der Waals surface area contributed by atoms with Crippen molar-refractivity contribution in [1.29, 1.82) is 0 Å². The number of nitrogens with one attached hydrogen (secondary N) is 1. The third-order valence-corrected chi connectivity index (χ3v) is 2.91. The van der Waals surface area contributed by atoms with Crippen LogP contribution in [-0.4, -0.2) is 18.6 Å². The number of anilines is 1. The highest BCUT2D eigenvalue weighted by Gasteiger charge is 2.30. The molecule has 3 nitrogen and oxygen atoms in total. The van der Waals surface area contributed by atoms with Crippen LogP contribution in [0.4, 0.5) is 5.69 Å². The third kappa shape index (κ3) is 2.83. The highest BCUT2D eigenvalue weighted by Crippen LogP contribution is 2.17. The molecule has 0 aliphatic carbocycles. The van der Waals surface area contributed by atoms with Gasteiger partial charge in [-0.1, -0.05) is 24.6 Å². The van der Waals surface area contributed by atoms with E-state index in [1.807, 2.05) is 38.1 Å². The Morgan fingerprint density at radius 2 is 1.94 bits per heavy atom. The number of rotatable bonds is 4. The Balaban J connectivity index is 2.74. The van der Waals surface area contributed by atoms with Gasteiger partial charge < -0.3 is 10.1 Å². The average molecular weight is 221 g/mol. The van der Waals surface area contributed by atoms with E-state index >= 15 is 0 Å². The minimum Gasteiger partial charge on any atom is -0.369 e. The third-order valence-electron chi connectivity index (χ3n) is 2.91. The lowest BCUT2D eigenvalue weighted by Gasteiger charge is -2.25. The first-order chi connectivity index (χ1) is 7.51. The van der Waals surface area contributed by atoms with Gasteiger partial charge in [-0.25, -0.2) is 0 Å². The molecule has 0 heterocycles. The van der Waals surface area contributed by atoms with Crippen molar-refractivity contribution in [1.82, 2.24) is 0 Å². The molecule has 0 aromatic heterocycles. The molecule has 88 valence electrons.